The van der Waals surface area contributed by atoms with E-state index in [4.69, 9.17) is 9.47 Å². The number of hydrogen-bond acceptors (Lipinski definition) is 5. The van der Waals surface area contributed by atoms with Crippen LogP contribution in [0, 0.1) is 0 Å². The number of rotatable bonds is 7. The molecule has 118 valence electrons. The molecule has 1 aliphatic rings. The van der Waals surface area contributed by atoms with Gasteiger partial charge in [-0.2, -0.15) is 0 Å². The second-order valence-electron chi connectivity index (χ2n) is 5.77. The van der Waals surface area contributed by atoms with E-state index < -0.39 is 0 Å². The van der Waals surface area contributed by atoms with Gasteiger partial charge in [0.1, 0.15) is 6.61 Å². The third-order valence-corrected chi connectivity index (χ3v) is 3.90. The highest BCUT2D eigenvalue weighted by Crippen LogP contribution is 2.18. The minimum atomic E-state index is 0.532. The van der Waals surface area contributed by atoms with Crippen LogP contribution in [0.5, 0.6) is 5.88 Å². The average Bonchev–Trinajstić information content (AvgIpc) is 2.50. The summed E-state index contributed by atoms with van der Waals surface area (Å²) in [4.78, 5) is 6.84. The summed E-state index contributed by atoms with van der Waals surface area (Å²) in [7, 11) is 1.66. The van der Waals surface area contributed by atoms with Gasteiger partial charge in [-0.1, -0.05) is 0 Å². The van der Waals surface area contributed by atoms with E-state index >= 15 is 0 Å². The van der Waals surface area contributed by atoms with Crippen molar-refractivity contribution in [1.29, 1.82) is 0 Å². The molecule has 1 saturated heterocycles. The predicted octanol–water partition coefficient (Wildman–Crippen LogP) is 2.39. The highest BCUT2D eigenvalue weighted by molar-refractivity contribution is 5.43. The minimum Gasteiger partial charge on any atom is -0.475 e. The third kappa shape index (κ3) is 5.17. The van der Waals surface area contributed by atoms with E-state index in [1.807, 2.05) is 18.3 Å². The lowest BCUT2D eigenvalue weighted by Gasteiger charge is -2.35. The zero-order valence-electron chi connectivity index (χ0n) is 13.3. The number of piperidine rings is 1. The van der Waals surface area contributed by atoms with Gasteiger partial charge in [-0.05, 0) is 32.8 Å². The zero-order chi connectivity index (χ0) is 15.1. The molecule has 2 heterocycles. The van der Waals surface area contributed by atoms with Crippen LogP contribution < -0.4 is 10.1 Å². The van der Waals surface area contributed by atoms with E-state index in [1.165, 1.54) is 25.9 Å². The van der Waals surface area contributed by atoms with Crippen LogP contribution in [-0.4, -0.2) is 55.4 Å². The summed E-state index contributed by atoms with van der Waals surface area (Å²) >= 11 is 0. The molecule has 0 atom stereocenters. The molecule has 0 aliphatic carbocycles. The number of likely N-dealkylation sites (tertiary alicyclic amines) is 1. The van der Waals surface area contributed by atoms with Gasteiger partial charge < -0.3 is 19.7 Å². The maximum Gasteiger partial charge on any atom is 0.213 e. The van der Waals surface area contributed by atoms with Crippen molar-refractivity contribution in [2.24, 2.45) is 0 Å². The predicted molar refractivity (Wildman–Crippen MR) is 85.0 cm³/mol. The molecule has 0 bridgehead atoms. The Bertz CT molecular complexity index is 400. The molecule has 0 radical (unpaired) electrons. The Kier molecular flexibility index (Phi) is 6.26. The van der Waals surface area contributed by atoms with Crippen molar-refractivity contribution in [3.05, 3.63) is 18.3 Å². The summed E-state index contributed by atoms with van der Waals surface area (Å²) in [6.45, 7) is 7.97. The molecule has 0 spiro atoms. The summed E-state index contributed by atoms with van der Waals surface area (Å²) in [5.74, 6) is 0.646. The van der Waals surface area contributed by atoms with Gasteiger partial charge in [0.15, 0.2) is 0 Å². The van der Waals surface area contributed by atoms with Gasteiger partial charge >= 0.3 is 0 Å². The summed E-state index contributed by atoms with van der Waals surface area (Å²) in [5.41, 5.74) is 1.07. The van der Waals surface area contributed by atoms with Crippen molar-refractivity contribution >= 4 is 5.69 Å². The van der Waals surface area contributed by atoms with Gasteiger partial charge in [-0.3, -0.25) is 0 Å². The Hall–Kier alpha value is -1.33. The van der Waals surface area contributed by atoms with Crippen molar-refractivity contribution in [1.82, 2.24) is 9.88 Å². The molecule has 1 fully saturated rings. The smallest absolute Gasteiger partial charge is 0.213 e. The fourth-order valence-electron chi connectivity index (χ4n) is 2.58. The lowest BCUT2D eigenvalue weighted by atomic mass is 10.0. The molecule has 1 N–H and O–H groups in total. The highest BCUT2D eigenvalue weighted by Gasteiger charge is 2.20. The molecular formula is C16H27N3O2. The number of aromatic nitrogens is 1. The second-order valence-corrected chi connectivity index (χ2v) is 5.77. The minimum absolute atomic E-state index is 0.532. The molecule has 1 aromatic heterocycles. The lowest BCUT2D eigenvalue weighted by Crippen LogP contribution is -2.42. The number of nitrogens with zero attached hydrogens (tertiary/aromatic N) is 2. The molecule has 0 aromatic carbocycles. The van der Waals surface area contributed by atoms with Crippen molar-refractivity contribution in [3.8, 4) is 5.88 Å². The van der Waals surface area contributed by atoms with Crippen LogP contribution in [0.3, 0.4) is 0 Å². The Morgan fingerprint density at radius 3 is 2.62 bits per heavy atom. The van der Waals surface area contributed by atoms with Crippen LogP contribution in [0.1, 0.15) is 26.7 Å². The van der Waals surface area contributed by atoms with Gasteiger partial charge in [-0.25, -0.2) is 4.98 Å². The van der Waals surface area contributed by atoms with Gasteiger partial charge in [0, 0.05) is 38.3 Å². The Morgan fingerprint density at radius 1 is 1.29 bits per heavy atom. The summed E-state index contributed by atoms with van der Waals surface area (Å²) in [5, 5.41) is 3.57. The molecule has 0 unspecified atom stereocenters. The van der Waals surface area contributed by atoms with E-state index in [9.17, 15) is 0 Å². The van der Waals surface area contributed by atoms with Gasteiger partial charge in [0.25, 0.3) is 0 Å². The molecule has 0 saturated carbocycles. The molecule has 21 heavy (non-hydrogen) atoms. The molecular weight excluding hydrogens is 266 g/mol. The average molecular weight is 293 g/mol. The molecule has 2 rings (SSSR count). The largest absolute Gasteiger partial charge is 0.475 e. The van der Waals surface area contributed by atoms with Crippen LogP contribution in [0.25, 0.3) is 0 Å². The van der Waals surface area contributed by atoms with Crippen LogP contribution in [0.4, 0.5) is 5.69 Å². The first-order valence-corrected chi connectivity index (χ1v) is 7.77. The SMILES string of the molecule is COCCOc1ccc(NC2CCN(C(C)C)CC2)cn1. The van der Waals surface area contributed by atoms with E-state index in [2.05, 4.69) is 29.0 Å². The Balaban J connectivity index is 1.76. The molecule has 1 aromatic rings. The van der Waals surface area contributed by atoms with E-state index in [1.54, 1.807) is 7.11 Å². The first-order chi connectivity index (χ1) is 10.2. The highest BCUT2D eigenvalue weighted by atomic mass is 16.5. The zero-order valence-corrected chi connectivity index (χ0v) is 13.3. The lowest BCUT2D eigenvalue weighted by molar-refractivity contribution is 0.144. The van der Waals surface area contributed by atoms with Crippen LogP contribution >= 0.6 is 0 Å². The van der Waals surface area contributed by atoms with E-state index in [-0.39, 0.29) is 0 Å². The van der Waals surface area contributed by atoms with E-state index in [0.717, 1.165) is 5.69 Å². The third-order valence-electron chi connectivity index (χ3n) is 3.90. The van der Waals surface area contributed by atoms with Crippen molar-refractivity contribution in [3.63, 3.8) is 0 Å². The number of pyridine rings is 1. The van der Waals surface area contributed by atoms with Crippen LogP contribution in [-0.2, 0) is 4.74 Å². The number of methoxy groups -OCH3 is 1. The monoisotopic (exact) mass is 293 g/mol. The fraction of sp³-hybridized carbons (Fsp3) is 0.688. The first-order valence-electron chi connectivity index (χ1n) is 7.77. The first kappa shape index (κ1) is 16.0. The van der Waals surface area contributed by atoms with Gasteiger partial charge in [0.05, 0.1) is 18.5 Å². The number of nitrogens with one attached hydrogen (secondary N) is 1. The number of hydrogen-bond donors (Lipinski definition) is 1. The maximum atomic E-state index is 5.46. The quantitative estimate of drug-likeness (QED) is 0.782. The summed E-state index contributed by atoms with van der Waals surface area (Å²) in [6, 6.07) is 5.13. The number of ether oxygens (including phenoxy) is 2. The fourth-order valence-corrected chi connectivity index (χ4v) is 2.58. The standard InChI is InChI=1S/C16H27N3O2/c1-13(2)19-8-6-14(7-9-19)18-15-4-5-16(17-12-15)21-11-10-20-3/h4-5,12-14,18H,6-11H2,1-3H3. The van der Waals surface area contributed by atoms with E-state index in [0.29, 0.717) is 31.2 Å². The molecule has 5 nitrogen and oxygen atoms in total. The molecule has 0 amide bonds. The molecule has 5 heteroatoms. The van der Waals surface area contributed by atoms with Crippen molar-refractivity contribution < 1.29 is 9.47 Å². The van der Waals surface area contributed by atoms with Crippen LogP contribution in [0.15, 0.2) is 18.3 Å². The normalized spacial score (nSPS) is 17.1. The summed E-state index contributed by atoms with van der Waals surface area (Å²) in [6.07, 6.45) is 4.21. The molecule has 1 aliphatic heterocycles. The van der Waals surface area contributed by atoms with Gasteiger partial charge in [-0.15, -0.1) is 0 Å². The van der Waals surface area contributed by atoms with Crippen molar-refractivity contribution in [2.45, 2.75) is 38.8 Å². The van der Waals surface area contributed by atoms with Gasteiger partial charge in [0.2, 0.25) is 5.88 Å². The number of anilines is 1. The second kappa shape index (κ2) is 8.20. The Morgan fingerprint density at radius 2 is 2.05 bits per heavy atom. The summed E-state index contributed by atoms with van der Waals surface area (Å²) < 4.78 is 10.4. The topological polar surface area (TPSA) is 46.6 Å². The van der Waals surface area contributed by atoms with Crippen molar-refractivity contribution in [2.75, 3.05) is 38.7 Å². The maximum absolute atomic E-state index is 5.46. The van der Waals surface area contributed by atoms with Crippen LogP contribution in [0.2, 0.25) is 0 Å². The Labute approximate surface area is 127 Å².